The molecule has 90 valence electrons. The molecule has 0 fully saturated rings. The highest BCUT2D eigenvalue weighted by molar-refractivity contribution is 5.78. The Morgan fingerprint density at radius 1 is 1.00 bits per heavy atom. The smallest absolute Gasteiger partial charge is 0.0337 e. The summed E-state index contributed by atoms with van der Waals surface area (Å²) < 4.78 is 0. The van der Waals surface area contributed by atoms with Gasteiger partial charge in [-0.15, -0.1) is 0 Å². The van der Waals surface area contributed by atoms with E-state index in [1.807, 2.05) is 7.05 Å². The maximum absolute atomic E-state index is 3.15. The highest BCUT2D eigenvalue weighted by Crippen LogP contribution is 2.31. The maximum Gasteiger partial charge on any atom is 0.0337 e. The van der Waals surface area contributed by atoms with Gasteiger partial charge in [-0.25, -0.2) is 0 Å². The molecule has 0 radical (unpaired) electrons. The predicted octanol–water partition coefficient (Wildman–Crippen LogP) is 4.35. The van der Waals surface area contributed by atoms with Crippen LogP contribution in [-0.4, -0.2) is 7.05 Å². The van der Waals surface area contributed by atoms with Crippen molar-refractivity contribution in [3.8, 4) is 11.1 Å². The molecule has 1 heteroatoms. The van der Waals surface area contributed by atoms with E-state index in [0.29, 0.717) is 0 Å². The van der Waals surface area contributed by atoms with Crippen LogP contribution in [0.25, 0.3) is 17.2 Å². The van der Waals surface area contributed by atoms with E-state index in [9.17, 15) is 0 Å². The molecule has 1 N–H and O–H groups in total. The number of fused-ring (bicyclic) bond motifs is 1. The molecule has 3 rings (SSSR count). The average Bonchev–Trinajstić information content (AvgIpc) is 2.47. The SMILES string of the molecule is CNc1ccc(-c2cccc3c2C=CCC3)cc1. The molecule has 0 amide bonds. The molecule has 0 heterocycles. The molecule has 0 unspecified atom stereocenters. The van der Waals surface area contributed by atoms with Crippen LogP contribution < -0.4 is 5.32 Å². The Hall–Kier alpha value is -2.02. The van der Waals surface area contributed by atoms with Gasteiger partial charge in [-0.1, -0.05) is 42.5 Å². The Labute approximate surface area is 108 Å². The van der Waals surface area contributed by atoms with Gasteiger partial charge >= 0.3 is 0 Å². The molecule has 0 saturated heterocycles. The second-order valence-electron chi connectivity index (χ2n) is 4.65. The van der Waals surface area contributed by atoms with Crippen molar-refractivity contribution in [3.05, 3.63) is 59.7 Å². The van der Waals surface area contributed by atoms with Gasteiger partial charge in [-0.2, -0.15) is 0 Å². The summed E-state index contributed by atoms with van der Waals surface area (Å²) in [7, 11) is 1.95. The van der Waals surface area contributed by atoms with Gasteiger partial charge in [0, 0.05) is 12.7 Å². The van der Waals surface area contributed by atoms with Crippen LogP contribution in [-0.2, 0) is 6.42 Å². The van der Waals surface area contributed by atoms with Crippen molar-refractivity contribution in [2.24, 2.45) is 0 Å². The molecule has 2 aromatic carbocycles. The monoisotopic (exact) mass is 235 g/mol. The van der Waals surface area contributed by atoms with Crippen LogP contribution in [0.3, 0.4) is 0 Å². The summed E-state index contributed by atoms with van der Waals surface area (Å²) in [6, 6.07) is 15.2. The van der Waals surface area contributed by atoms with E-state index in [-0.39, 0.29) is 0 Å². The summed E-state index contributed by atoms with van der Waals surface area (Å²) in [4.78, 5) is 0. The molecule has 0 spiro atoms. The highest BCUT2D eigenvalue weighted by Gasteiger charge is 2.09. The Bertz CT molecular complexity index is 579. The normalized spacial score (nSPS) is 13.2. The number of rotatable bonds is 2. The van der Waals surface area contributed by atoms with E-state index in [1.54, 1.807) is 0 Å². The zero-order chi connectivity index (χ0) is 12.4. The number of hydrogen-bond acceptors (Lipinski definition) is 1. The van der Waals surface area contributed by atoms with Crippen LogP contribution in [0.1, 0.15) is 17.5 Å². The standard InChI is InChI=1S/C17H17N/c1-18-15-11-9-14(10-12-15)17-8-4-6-13-5-2-3-7-16(13)17/h3-4,6-12,18H,2,5H2,1H3. The fourth-order valence-corrected chi connectivity index (χ4v) is 2.54. The molecule has 1 aliphatic rings. The van der Waals surface area contributed by atoms with Crippen LogP contribution in [0.15, 0.2) is 48.5 Å². The van der Waals surface area contributed by atoms with Gasteiger partial charge in [0.15, 0.2) is 0 Å². The lowest BCUT2D eigenvalue weighted by Gasteiger charge is -2.15. The fraction of sp³-hybridized carbons (Fsp3) is 0.176. The molecule has 18 heavy (non-hydrogen) atoms. The molecular weight excluding hydrogens is 218 g/mol. The summed E-state index contributed by atoms with van der Waals surface area (Å²) >= 11 is 0. The number of anilines is 1. The quantitative estimate of drug-likeness (QED) is 0.815. The zero-order valence-corrected chi connectivity index (χ0v) is 10.6. The number of nitrogens with one attached hydrogen (secondary N) is 1. The lowest BCUT2D eigenvalue weighted by Crippen LogP contribution is -1.96. The van der Waals surface area contributed by atoms with Crippen molar-refractivity contribution >= 4 is 11.8 Å². The number of hydrogen-bond donors (Lipinski definition) is 1. The first-order valence-corrected chi connectivity index (χ1v) is 6.45. The average molecular weight is 235 g/mol. The fourth-order valence-electron chi connectivity index (χ4n) is 2.54. The van der Waals surface area contributed by atoms with Gasteiger partial charge in [0.05, 0.1) is 0 Å². The van der Waals surface area contributed by atoms with Crippen LogP contribution in [0.5, 0.6) is 0 Å². The van der Waals surface area contributed by atoms with Crippen molar-refractivity contribution in [2.45, 2.75) is 12.8 Å². The van der Waals surface area contributed by atoms with Crippen LogP contribution in [0.4, 0.5) is 5.69 Å². The van der Waals surface area contributed by atoms with Crippen LogP contribution in [0, 0.1) is 0 Å². The van der Waals surface area contributed by atoms with Crippen molar-refractivity contribution < 1.29 is 0 Å². The molecule has 0 saturated carbocycles. The van der Waals surface area contributed by atoms with Gasteiger partial charge in [0.1, 0.15) is 0 Å². The summed E-state index contributed by atoms with van der Waals surface area (Å²) in [5.41, 5.74) is 6.64. The Morgan fingerprint density at radius 3 is 2.61 bits per heavy atom. The lowest BCUT2D eigenvalue weighted by atomic mass is 9.90. The van der Waals surface area contributed by atoms with E-state index < -0.39 is 0 Å². The molecule has 0 aliphatic heterocycles. The summed E-state index contributed by atoms with van der Waals surface area (Å²) in [6.45, 7) is 0. The number of allylic oxidation sites excluding steroid dienone is 1. The number of benzene rings is 2. The van der Waals surface area contributed by atoms with E-state index in [1.165, 1.54) is 22.3 Å². The van der Waals surface area contributed by atoms with Gasteiger partial charge in [-0.05, 0) is 47.2 Å². The zero-order valence-electron chi connectivity index (χ0n) is 10.6. The third-order valence-corrected chi connectivity index (χ3v) is 3.55. The van der Waals surface area contributed by atoms with E-state index in [0.717, 1.165) is 18.5 Å². The second kappa shape index (κ2) is 4.69. The first-order valence-electron chi connectivity index (χ1n) is 6.45. The molecule has 1 nitrogen and oxygen atoms in total. The Balaban J connectivity index is 2.09. The molecule has 0 bridgehead atoms. The minimum absolute atomic E-state index is 1.15. The topological polar surface area (TPSA) is 12.0 Å². The van der Waals surface area contributed by atoms with Gasteiger partial charge in [0.25, 0.3) is 0 Å². The molecular formula is C17H17N. The summed E-state index contributed by atoms with van der Waals surface area (Å²) in [5, 5.41) is 3.15. The van der Waals surface area contributed by atoms with E-state index in [4.69, 9.17) is 0 Å². The Kier molecular flexibility index (Phi) is 2.89. The van der Waals surface area contributed by atoms with E-state index >= 15 is 0 Å². The molecule has 0 atom stereocenters. The van der Waals surface area contributed by atoms with E-state index in [2.05, 4.69) is 59.9 Å². The third-order valence-electron chi connectivity index (χ3n) is 3.55. The van der Waals surface area contributed by atoms with Gasteiger partial charge < -0.3 is 5.32 Å². The summed E-state index contributed by atoms with van der Waals surface area (Å²) in [6.07, 6.45) is 6.86. The largest absolute Gasteiger partial charge is 0.388 e. The first kappa shape index (κ1) is 11.1. The van der Waals surface area contributed by atoms with Crippen molar-refractivity contribution in [1.82, 2.24) is 0 Å². The van der Waals surface area contributed by atoms with Crippen molar-refractivity contribution in [3.63, 3.8) is 0 Å². The molecule has 2 aromatic rings. The minimum Gasteiger partial charge on any atom is -0.388 e. The van der Waals surface area contributed by atoms with Crippen molar-refractivity contribution in [2.75, 3.05) is 12.4 Å². The van der Waals surface area contributed by atoms with Gasteiger partial charge in [-0.3, -0.25) is 0 Å². The maximum atomic E-state index is 3.15. The Morgan fingerprint density at radius 2 is 1.83 bits per heavy atom. The second-order valence-corrected chi connectivity index (χ2v) is 4.65. The predicted molar refractivity (Wildman–Crippen MR) is 78.8 cm³/mol. The third kappa shape index (κ3) is 1.92. The number of aryl methyl sites for hydroxylation is 1. The van der Waals surface area contributed by atoms with Crippen LogP contribution in [0.2, 0.25) is 0 Å². The lowest BCUT2D eigenvalue weighted by molar-refractivity contribution is 0.986. The summed E-state index contributed by atoms with van der Waals surface area (Å²) in [5.74, 6) is 0. The first-order chi connectivity index (χ1) is 8.88. The molecule has 0 aromatic heterocycles. The minimum atomic E-state index is 1.15. The van der Waals surface area contributed by atoms with Crippen molar-refractivity contribution in [1.29, 1.82) is 0 Å². The molecule has 1 aliphatic carbocycles. The van der Waals surface area contributed by atoms with Crippen LogP contribution >= 0.6 is 0 Å². The highest BCUT2D eigenvalue weighted by atomic mass is 14.8. The van der Waals surface area contributed by atoms with Gasteiger partial charge in [0.2, 0.25) is 0 Å².